The van der Waals surface area contributed by atoms with Crippen LogP contribution >= 0.6 is 11.3 Å². The summed E-state index contributed by atoms with van der Waals surface area (Å²) in [7, 11) is 0. The molecule has 1 atom stereocenters. The van der Waals surface area contributed by atoms with Gasteiger partial charge in [-0.3, -0.25) is 4.90 Å². The zero-order valence-electron chi connectivity index (χ0n) is 15.1. The summed E-state index contributed by atoms with van der Waals surface area (Å²) in [6.45, 7) is 2.21. The largest absolute Gasteiger partial charge is 0.444 e. The number of nitrogens with zero attached hydrogens (tertiary/aromatic N) is 3. The Labute approximate surface area is 165 Å². The van der Waals surface area contributed by atoms with Gasteiger partial charge in [-0.25, -0.2) is 14.2 Å². The maximum absolute atomic E-state index is 14.7. The molecule has 0 aliphatic carbocycles. The molecule has 140 valence electrons. The fourth-order valence-electron chi connectivity index (χ4n) is 3.12. The molecular formula is C21H16FN3O2S. The highest BCUT2D eigenvalue weighted by Crippen LogP contribution is 2.31. The molecular weight excluding hydrogens is 377 g/mol. The first-order chi connectivity index (χ1) is 13.5. The van der Waals surface area contributed by atoms with Crippen LogP contribution in [-0.2, 0) is 11.2 Å². The van der Waals surface area contributed by atoms with Gasteiger partial charge in [0.05, 0.1) is 30.4 Å². The number of hydrogen-bond acceptors (Lipinski definition) is 5. The predicted octanol–water partition coefficient (Wildman–Crippen LogP) is 5.03. The van der Waals surface area contributed by atoms with E-state index in [4.69, 9.17) is 10.00 Å². The highest BCUT2D eigenvalue weighted by molar-refractivity contribution is 7.13. The second-order valence-corrected chi connectivity index (χ2v) is 7.38. The van der Waals surface area contributed by atoms with E-state index in [0.717, 1.165) is 21.8 Å². The molecule has 2 heterocycles. The van der Waals surface area contributed by atoms with Gasteiger partial charge in [-0.05, 0) is 30.7 Å². The van der Waals surface area contributed by atoms with Crippen LogP contribution in [0.2, 0.25) is 0 Å². The highest BCUT2D eigenvalue weighted by Gasteiger charge is 2.29. The van der Waals surface area contributed by atoms with E-state index in [9.17, 15) is 9.18 Å². The van der Waals surface area contributed by atoms with Gasteiger partial charge in [0.1, 0.15) is 16.9 Å². The summed E-state index contributed by atoms with van der Waals surface area (Å²) in [5, 5.41) is 11.5. The molecule has 1 aromatic heterocycles. The number of rotatable bonds is 4. The maximum Gasteiger partial charge on any atom is 0.414 e. The number of thiazole rings is 1. The Kier molecular flexibility index (Phi) is 4.80. The van der Waals surface area contributed by atoms with Gasteiger partial charge in [0.25, 0.3) is 0 Å². The minimum absolute atomic E-state index is 0.206. The van der Waals surface area contributed by atoms with Crippen LogP contribution < -0.4 is 4.90 Å². The first-order valence-electron chi connectivity index (χ1n) is 8.75. The van der Waals surface area contributed by atoms with Gasteiger partial charge in [0, 0.05) is 16.5 Å². The van der Waals surface area contributed by atoms with Crippen LogP contribution in [0.5, 0.6) is 0 Å². The minimum atomic E-state index is -0.455. The number of hydrogen-bond donors (Lipinski definition) is 0. The van der Waals surface area contributed by atoms with Crippen molar-refractivity contribution in [2.24, 2.45) is 0 Å². The Bertz CT molecular complexity index is 1070. The van der Waals surface area contributed by atoms with Crippen LogP contribution in [-0.4, -0.2) is 23.7 Å². The zero-order chi connectivity index (χ0) is 19.7. The molecule has 2 aromatic carbocycles. The average molecular weight is 393 g/mol. The van der Waals surface area contributed by atoms with Crippen molar-refractivity contribution in [3.63, 3.8) is 0 Å². The quantitative estimate of drug-likeness (QED) is 0.624. The third-order valence-corrected chi connectivity index (χ3v) is 5.42. The molecule has 28 heavy (non-hydrogen) atoms. The van der Waals surface area contributed by atoms with Crippen LogP contribution in [0.3, 0.4) is 0 Å². The van der Waals surface area contributed by atoms with E-state index in [1.165, 1.54) is 22.3 Å². The van der Waals surface area contributed by atoms with E-state index in [0.29, 0.717) is 17.8 Å². The molecule has 0 N–H and O–H groups in total. The van der Waals surface area contributed by atoms with E-state index >= 15 is 0 Å². The van der Waals surface area contributed by atoms with E-state index in [1.54, 1.807) is 19.1 Å². The van der Waals surface area contributed by atoms with Crippen LogP contribution in [0.25, 0.3) is 21.7 Å². The molecule has 0 radical (unpaired) electrons. The predicted molar refractivity (Wildman–Crippen MR) is 106 cm³/mol. The summed E-state index contributed by atoms with van der Waals surface area (Å²) in [6, 6.07) is 14.3. The monoisotopic (exact) mass is 393 g/mol. The number of halogens is 1. The van der Waals surface area contributed by atoms with Crippen molar-refractivity contribution in [3.8, 4) is 27.8 Å². The molecule has 7 heteroatoms. The Balaban J connectivity index is 1.57. The lowest BCUT2D eigenvalue weighted by atomic mass is 10.0. The standard InChI is InChI=1S/C21H16FN3O2S/c1-13-11-25(21(26)27-13)17-6-7-18(19(22)10-17)14-2-4-15(5-3-14)20-24-16(8-9-23)12-28-20/h2-7,10,12-13H,8,11H2,1H3. The second kappa shape index (κ2) is 7.41. The molecule has 1 unspecified atom stereocenters. The fourth-order valence-corrected chi connectivity index (χ4v) is 3.94. The topological polar surface area (TPSA) is 66.2 Å². The first-order valence-corrected chi connectivity index (χ1v) is 9.63. The van der Waals surface area contributed by atoms with Crippen molar-refractivity contribution in [2.75, 3.05) is 11.4 Å². The van der Waals surface area contributed by atoms with Gasteiger partial charge in [0.2, 0.25) is 0 Å². The summed E-state index contributed by atoms with van der Waals surface area (Å²) < 4.78 is 19.8. The van der Waals surface area contributed by atoms with Crippen LogP contribution in [0.4, 0.5) is 14.9 Å². The smallest absolute Gasteiger partial charge is 0.414 e. The number of nitriles is 1. The lowest BCUT2D eigenvalue weighted by Gasteiger charge is -2.14. The number of aromatic nitrogens is 1. The van der Waals surface area contributed by atoms with Gasteiger partial charge in [-0.15, -0.1) is 11.3 Å². The third kappa shape index (κ3) is 3.47. The summed E-state index contributed by atoms with van der Waals surface area (Å²) >= 11 is 1.48. The summed E-state index contributed by atoms with van der Waals surface area (Å²) in [4.78, 5) is 17.7. The van der Waals surface area contributed by atoms with Crippen LogP contribution in [0.15, 0.2) is 47.8 Å². The van der Waals surface area contributed by atoms with Crippen molar-refractivity contribution in [2.45, 2.75) is 19.4 Å². The first kappa shape index (κ1) is 18.1. The zero-order valence-corrected chi connectivity index (χ0v) is 15.9. The lowest BCUT2D eigenvalue weighted by molar-refractivity contribution is 0.150. The maximum atomic E-state index is 14.7. The van der Waals surface area contributed by atoms with Crippen molar-refractivity contribution in [1.82, 2.24) is 4.98 Å². The van der Waals surface area contributed by atoms with E-state index < -0.39 is 11.9 Å². The van der Waals surface area contributed by atoms with Gasteiger partial charge in [0.15, 0.2) is 0 Å². The minimum Gasteiger partial charge on any atom is -0.444 e. The number of amides is 1. The molecule has 1 aliphatic rings. The second-order valence-electron chi connectivity index (χ2n) is 6.53. The highest BCUT2D eigenvalue weighted by atomic mass is 32.1. The van der Waals surface area contributed by atoms with Crippen LogP contribution in [0, 0.1) is 17.1 Å². The Morgan fingerprint density at radius 1 is 1.29 bits per heavy atom. The molecule has 0 spiro atoms. The normalized spacial score (nSPS) is 16.1. The number of cyclic esters (lactones) is 1. The van der Waals surface area contributed by atoms with E-state index in [-0.39, 0.29) is 12.5 Å². The third-order valence-electron chi connectivity index (χ3n) is 4.48. The number of ether oxygens (including phenoxy) is 1. The van der Waals surface area contributed by atoms with Crippen molar-refractivity contribution < 1.29 is 13.9 Å². The SMILES string of the molecule is CC1CN(c2ccc(-c3ccc(-c4nc(CC#N)cs4)cc3)c(F)c2)C(=O)O1. The Morgan fingerprint density at radius 2 is 2.04 bits per heavy atom. The number of benzene rings is 2. The number of carbonyl (C=O) groups excluding carboxylic acids is 1. The Hall–Kier alpha value is -3.24. The molecule has 1 fully saturated rings. The molecule has 5 nitrogen and oxygen atoms in total. The van der Waals surface area contributed by atoms with Crippen LogP contribution in [0.1, 0.15) is 12.6 Å². The van der Waals surface area contributed by atoms with Gasteiger partial charge < -0.3 is 4.74 Å². The van der Waals surface area contributed by atoms with Crippen molar-refractivity contribution >= 4 is 23.1 Å². The molecule has 0 saturated carbocycles. The number of carbonyl (C=O) groups is 1. The van der Waals surface area contributed by atoms with Crippen molar-refractivity contribution in [1.29, 1.82) is 5.26 Å². The number of anilines is 1. The molecule has 1 amide bonds. The van der Waals surface area contributed by atoms with Gasteiger partial charge in [-0.1, -0.05) is 24.3 Å². The molecule has 0 bridgehead atoms. The van der Waals surface area contributed by atoms with Gasteiger partial charge in [-0.2, -0.15) is 5.26 Å². The van der Waals surface area contributed by atoms with E-state index in [2.05, 4.69) is 11.1 Å². The fraction of sp³-hybridized carbons (Fsp3) is 0.190. The van der Waals surface area contributed by atoms with Crippen molar-refractivity contribution in [3.05, 3.63) is 59.4 Å². The average Bonchev–Trinajstić information content (AvgIpc) is 3.28. The molecule has 4 rings (SSSR count). The van der Waals surface area contributed by atoms with Gasteiger partial charge >= 0.3 is 6.09 Å². The van der Waals surface area contributed by atoms with E-state index in [1.807, 2.05) is 29.6 Å². The molecule has 1 aliphatic heterocycles. The summed E-state index contributed by atoms with van der Waals surface area (Å²) in [6.07, 6.45) is -0.374. The lowest BCUT2D eigenvalue weighted by Crippen LogP contribution is -2.24. The summed E-state index contributed by atoms with van der Waals surface area (Å²) in [5.74, 6) is -0.400. The molecule has 1 saturated heterocycles. The molecule has 3 aromatic rings. The Morgan fingerprint density at radius 3 is 2.68 bits per heavy atom. The summed E-state index contributed by atoms with van der Waals surface area (Å²) in [5.41, 5.74) is 3.35.